The molecule has 0 radical (unpaired) electrons. The summed E-state index contributed by atoms with van der Waals surface area (Å²) in [6, 6.07) is 5.17. The van der Waals surface area contributed by atoms with Crippen molar-refractivity contribution in [1.29, 1.82) is 0 Å². The van der Waals surface area contributed by atoms with Crippen molar-refractivity contribution in [3.8, 4) is 0 Å². The van der Waals surface area contributed by atoms with Crippen molar-refractivity contribution in [2.45, 2.75) is 13.8 Å². The third-order valence-corrected chi connectivity index (χ3v) is 3.31. The second kappa shape index (κ2) is 5.31. The van der Waals surface area contributed by atoms with Crippen molar-refractivity contribution < 1.29 is 0 Å². The number of hydrogen-bond acceptors (Lipinski definition) is 3. The molecule has 6 heteroatoms. The van der Waals surface area contributed by atoms with Gasteiger partial charge in [-0.25, -0.2) is 9.97 Å². The van der Waals surface area contributed by atoms with Gasteiger partial charge in [0.2, 0.25) is 0 Å². The first kappa shape index (κ1) is 13.4. The zero-order valence-electron chi connectivity index (χ0n) is 9.76. The summed E-state index contributed by atoms with van der Waals surface area (Å²) in [5.41, 5.74) is 1.44. The minimum Gasteiger partial charge on any atom is -0.339 e. The maximum Gasteiger partial charge on any atom is 0.138 e. The Morgan fingerprint density at radius 1 is 1.06 bits per heavy atom. The van der Waals surface area contributed by atoms with Crippen molar-refractivity contribution in [2.24, 2.45) is 0 Å². The highest BCUT2D eigenvalue weighted by Gasteiger charge is 2.09. The predicted octanol–water partition coefficient (Wildman–Crippen LogP) is 4.80. The third kappa shape index (κ3) is 2.86. The number of halogens is 3. The van der Waals surface area contributed by atoms with Gasteiger partial charge >= 0.3 is 0 Å². The van der Waals surface area contributed by atoms with Gasteiger partial charge in [0.25, 0.3) is 0 Å². The van der Waals surface area contributed by atoms with Crippen LogP contribution in [0.2, 0.25) is 15.2 Å². The molecule has 1 aromatic carbocycles. The van der Waals surface area contributed by atoms with Crippen LogP contribution in [0.25, 0.3) is 0 Å². The summed E-state index contributed by atoms with van der Waals surface area (Å²) < 4.78 is 0. The van der Waals surface area contributed by atoms with E-state index in [0.29, 0.717) is 32.5 Å². The summed E-state index contributed by atoms with van der Waals surface area (Å²) in [4.78, 5) is 8.36. The molecule has 0 fully saturated rings. The van der Waals surface area contributed by atoms with E-state index in [4.69, 9.17) is 34.8 Å². The molecule has 0 saturated carbocycles. The van der Waals surface area contributed by atoms with E-state index in [1.54, 1.807) is 25.1 Å². The summed E-state index contributed by atoms with van der Waals surface area (Å²) in [5.74, 6) is 1.21. The summed E-state index contributed by atoms with van der Waals surface area (Å²) in [7, 11) is 0. The van der Waals surface area contributed by atoms with Crippen LogP contribution in [0.1, 0.15) is 11.4 Å². The third-order valence-electron chi connectivity index (χ3n) is 2.38. The zero-order valence-corrected chi connectivity index (χ0v) is 12.0. The first-order valence-corrected chi connectivity index (χ1v) is 6.33. The van der Waals surface area contributed by atoms with Crippen LogP contribution < -0.4 is 5.32 Å². The minimum absolute atomic E-state index is 0.420. The largest absolute Gasteiger partial charge is 0.339 e. The number of hydrogen-bond donors (Lipinski definition) is 1. The molecule has 0 atom stereocenters. The average molecular weight is 303 g/mol. The fourth-order valence-corrected chi connectivity index (χ4v) is 1.99. The van der Waals surface area contributed by atoms with Crippen LogP contribution in [0.4, 0.5) is 11.5 Å². The number of aromatic nitrogens is 2. The van der Waals surface area contributed by atoms with Crippen LogP contribution in [0.3, 0.4) is 0 Å². The SMILES string of the molecule is Cc1nc(Cl)c(C)c(Nc2cc(Cl)ccc2Cl)n1. The smallest absolute Gasteiger partial charge is 0.138 e. The molecule has 0 aliphatic rings. The van der Waals surface area contributed by atoms with E-state index in [2.05, 4.69) is 15.3 Å². The second-order valence-electron chi connectivity index (χ2n) is 3.78. The van der Waals surface area contributed by atoms with Crippen molar-refractivity contribution in [3.63, 3.8) is 0 Å². The summed E-state index contributed by atoms with van der Waals surface area (Å²) in [5, 5.41) is 4.69. The van der Waals surface area contributed by atoms with E-state index in [1.807, 2.05) is 6.92 Å². The molecule has 0 amide bonds. The second-order valence-corrected chi connectivity index (χ2v) is 4.99. The van der Waals surface area contributed by atoms with Gasteiger partial charge in [0.05, 0.1) is 10.7 Å². The van der Waals surface area contributed by atoms with E-state index in [0.717, 1.165) is 5.56 Å². The lowest BCUT2D eigenvalue weighted by Crippen LogP contribution is -2.01. The van der Waals surface area contributed by atoms with Crippen molar-refractivity contribution in [3.05, 3.63) is 44.8 Å². The fourth-order valence-electron chi connectivity index (χ4n) is 1.44. The molecule has 2 aromatic rings. The Morgan fingerprint density at radius 3 is 2.50 bits per heavy atom. The van der Waals surface area contributed by atoms with E-state index in [-0.39, 0.29) is 0 Å². The highest BCUT2D eigenvalue weighted by molar-refractivity contribution is 6.35. The molecule has 3 nitrogen and oxygen atoms in total. The van der Waals surface area contributed by atoms with Gasteiger partial charge in [-0.15, -0.1) is 0 Å². The molecule has 0 aliphatic carbocycles. The predicted molar refractivity (Wildman–Crippen MR) is 76.3 cm³/mol. The first-order valence-electron chi connectivity index (χ1n) is 5.20. The number of nitrogens with zero attached hydrogens (tertiary/aromatic N) is 2. The van der Waals surface area contributed by atoms with Crippen molar-refractivity contribution in [2.75, 3.05) is 5.32 Å². The van der Waals surface area contributed by atoms with Crippen LogP contribution in [-0.2, 0) is 0 Å². The molecule has 1 heterocycles. The monoisotopic (exact) mass is 301 g/mol. The maximum absolute atomic E-state index is 6.08. The maximum atomic E-state index is 6.08. The Morgan fingerprint density at radius 2 is 1.78 bits per heavy atom. The summed E-state index contributed by atoms with van der Waals surface area (Å²) >= 11 is 18.0. The minimum atomic E-state index is 0.420. The fraction of sp³-hybridized carbons (Fsp3) is 0.167. The molecule has 2 rings (SSSR count). The molecular weight excluding hydrogens is 293 g/mol. The first-order chi connectivity index (χ1) is 8.47. The number of benzene rings is 1. The van der Waals surface area contributed by atoms with Gasteiger partial charge < -0.3 is 5.32 Å². The standard InChI is InChI=1S/C12H10Cl3N3/c1-6-11(15)16-7(2)17-12(6)18-10-5-8(13)3-4-9(10)14/h3-5H,1-2H3,(H,16,17,18). The Hall–Kier alpha value is -1.03. The molecule has 0 spiro atoms. The lowest BCUT2D eigenvalue weighted by Gasteiger charge is -2.11. The van der Waals surface area contributed by atoms with Gasteiger partial charge in [0.15, 0.2) is 0 Å². The molecule has 0 saturated heterocycles. The van der Waals surface area contributed by atoms with Gasteiger partial charge in [-0.05, 0) is 32.0 Å². The van der Waals surface area contributed by atoms with E-state index < -0.39 is 0 Å². The van der Waals surface area contributed by atoms with Crippen LogP contribution in [0.15, 0.2) is 18.2 Å². The van der Waals surface area contributed by atoms with Crippen LogP contribution in [-0.4, -0.2) is 9.97 Å². The van der Waals surface area contributed by atoms with Gasteiger partial charge in [-0.1, -0.05) is 34.8 Å². The molecule has 1 N–H and O–H groups in total. The number of anilines is 2. The molecule has 1 aromatic heterocycles. The highest BCUT2D eigenvalue weighted by Crippen LogP contribution is 2.30. The topological polar surface area (TPSA) is 37.8 Å². The number of aryl methyl sites for hydroxylation is 1. The van der Waals surface area contributed by atoms with Crippen LogP contribution in [0, 0.1) is 13.8 Å². The van der Waals surface area contributed by atoms with Gasteiger partial charge in [0, 0.05) is 10.6 Å². The molecule has 0 unspecified atom stereocenters. The normalized spacial score (nSPS) is 10.5. The molecular formula is C12H10Cl3N3. The van der Waals surface area contributed by atoms with Crippen LogP contribution in [0.5, 0.6) is 0 Å². The van der Waals surface area contributed by atoms with Gasteiger partial charge in [0.1, 0.15) is 16.8 Å². The van der Waals surface area contributed by atoms with Crippen molar-refractivity contribution in [1.82, 2.24) is 9.97 Å². The molecule has 0 aliphatic heterocycles. The number of rotatable bonds is 2. The molecule has 0 bridgehead atoms. The van der Waals surface area contributed by atoms with Gasteiger partial charge in [-0.3, -0.25) is 0 Å². The Labute approximate surface area is 120 Å². The molecule has 94 valence electrons. The Kier molecular flexibility index (Phi) is 3.95. The Balaban J connectivity index is 2.43. The summed E-state index contributed by atoms with van der Waals surface area (Å²) in [6.07, 6.45) is 0. The quantitative estimate of drug-likeness (QED) is 0.810. The molecule has 18 heavy (non-hydrogen) atoms. The Bertz CT molecular complexity index is 599. The van der Waals surface area contributed by atoms with Crippen LogP contribution >= 0.6 is 34.8 Å². The average Bonchev–Trinajstić information content (AvgIpc) is 2.30. The van der Waals surface area contributed by atoms with Crippen molar-refractivity contribution >= 4 is 46.3 Å². The summed E-state index contributed by atoms with van der Waals surface area (Å²) in [6.45, 7) is 3.61. The van der Waals surface area contributed by atoms with E-state index >= 15 is 0 Å². The van der Waals surface area contributed by atoms with E-state index in [1.165, 1.54) is 0 Å². The number of nitrogens with one attached hydrogen (secondary N) is 1. The zero-order chi connectivity index (χ0) is 13.3. The van der Waals surface area contributed by atoms with Gasteiger partial charge in [-0.2, -0.15) is 0 Å². The van der Waals surface area contributed by atoms with E-state index in [9.17, 15) is 0 Å². The highest BCUT2D eigenvalue weighted by atomic mass is 35.5. The lowest BCUT2D eigenvalue weighted by atomic mass is 10.3. The lowest BCUT2D eigenvalue weighted by molar-refractivity contribution is 1.04.